The molecular weight excluding hydrogens is 228 g/mol. The maximum absolute atomic E-state index is 10.5. The van der Waals surface area contributed by atoms with Gasteiger partial charge in [0.2, 0.25) is 5.91 Å². The van der Waals surface area contributed by atoms with Crippen molar-refractivity contribution in [1.29, 1.82) is 0 Å². The van der Waals surface area contributed by atoms with Crippen LogP contribution < -0.4 is 11.1 Å². The highest BCUT2D eigenvalue weighted by Crippen LogP contribution is 2.04. The lowest BCUT2D eigenvalue weighted by molar-refractivity contribution is -0.118. The Balaban J connectivity index is 1.72. The Bertz CT molecular complexity index is 487. The summed E-state index contributed by atoms with van der Waals surface area (Å²) in [5, 5.41) is 3.31. The summed E-state index contributed by atoms with van der Waals surface area (Å²) >= 11 is 0. The number of nitrogens with one attached hydrogen (secondary N) is 1. The lowest BCUT2D eigenvalue weighted by Gasteiger charge is -2.01. The molecule has 0 aliphatic heterocycles. The van der Waals surface area contributed by atoms with Crippen LogP contribution in [-0.2, 0) is 11.3 Å². The van der Waals surface area contributed by atoms with E-state index in [4.69, 9.17) is 5.73 Å². The molecule has 5 nitrogen and oxygen atoms in total. The van der Waals surface area contributed by atoms with E-state index in [2.05, 4.69) is 10.3 Å². The van der Waals surface area contributed by atoms with Crippen LogP contribution in [0.4, 0.5) is 0 Å². The number of hydrogen-bond acceptors (Lipinski definition) is 3. The Morgan fingerprint density at radius 2 is 2.28 bits per heavy atom. The number of carbonyl (C=O) groups is 1. The first-order chi connectivity index (χ1) is 8.75. The molecule has 3 N–H and O–H groups in total. The van der Waals surface area contributed by atoms with Crippen molar-refractivity contribution in [3.05, 3.63) is 36.3 Å². The molecule has 0 saturated carbocycles. The summed E-state index contributed by atoms with van der Waals surface area (Å²) in [6, 6.07) is 5.94. The van der Waals surface area contributed by atoms with Crippen LogP contribution in [0.15, 0.2) is 30.6 Å². The van der Waals surface area contributed by atoms with Crippen molar-refractivity contribution < 1.29 is 4.79 Å². The number of fused-ring (bicyclic) bond motifs is 1. The summed E-state index contributed by atoms with van der Waals surface area (Å²) in [6.07, 6.45) is 6.27. The number of nitrogens with zero attached hydrogens (tertiary/aromatic N) is 2. The summed E-state index contributed by atoms with van der Waals surface area (Å²) in [7, 11) is 0. The number of imidazole rings is 1. The van der Waals surface area contributed by atoms with E-state index in [1.165, 1.54) is 0 Å². The molecule has 2 aromatic heterocycles. The number of carbonyl (C=O) groups excluding carboxylic acids is 1. The maximum atomic E-state index is 10.5. The molecule has 2 aromatic rings. The summed E-state index contributed by atoms with van der Waals surface area (Å²) in [5.41, 5.74) is 7.05. The molecule has 0 aliphatic rings. The molecule has 0 unspecified atom stereocenters. The Morgan fingerprint density at radius 1 is 1.39 bits per heavy atom. The van der Waals surface area contributed by atoms with Gasteiger partial charge in [0, 0.05) is 25.4 Å². The zero-order valence-corrected chi connectivity index (χ0v) is 10.3. The van der Waals surface area contributed by atoms with E-state index in [0.29, 0.717) is 6.42 Å². The third kappa shape index (κ3) is 3.56. The molecule has 0 atom stereocenters. The largest absolute Gasteiger partial charge is 0.370 e. The predicted molar refractivity (Wildman–Crippen MR) is 69.9 cm³/mol. The fourth-order valence-corrected chi connectivity index (χ4v) is 1.84. The average molecular weight is 246 g/mol. The van der Waals surface area contributed by atoms with Gasteiger partial charge in [0.25, 0.3) is 0 Å². The molecule has 18 heavy (non-hydrogen) atoms. The van der Waals surface area contributed by atoms with Gasteiger partial charge in [-0.1, -0.05) is 6.07 Å². The number of nitrogens with two attached hydrogens (primary N) is 1. The smallest absolute Gasteiger partial charge is 0.217 e. The minimum atomic E-state index is -0.227. The van der Waals surface area contributed by atoms with Gasteiger partial charge in [-0.05, 0) is 31.5 Å². The fourth-order valence-electron chi connectivity index (χ4n) is 1.84. The second-order valence-corrected chi connectivity index (χ2v) is 4.30. The molecule has 0 bridgehead atoms. The monoisotopic (exact) mass is 246 g/mol. The summed E-state index contributed by atoms with van der Waals surface area (Å²) in [6.45, 7) is 1.62. The topological polar surface area (TPSA) is 72.4 Å². The Hall–Kier alpha value is -1.88. The van der Waals surface area contributed by atoms with Crippen LogP contribution in [0.1, 0.15) is 25.0 Å². The molecule has 5 heteroatoms. The van der Waals surface area contributed by atoms with Crippen molar-refractivity contribution in [2.75, 3.05) is 6.54 Å². The van der Waals surface area contributed by atoms with Gasteiger partial charge in [0.15, 0.2) is 0 Å². The minimum absolute atomic E-state index is 0.227. The number of aromatic nitrogens is 2. The van der Waals surface area contributed by atoms with E-state index in [1.807, 2.05) is 35.0 Å². The maximum Gasteiger partial charge on any atom is 0.217 e. The minimum Gasteiger partial charge on any atom is -0.370 e. The Morgan fingerprint density at radius 3 is 3.06 bits per heavy atom. The predicted octanol–water partition coefficient (Wildman–Crippen LogP) is 1.08. The van der Waals surface area contributed by atoms with E-state index >= 15 is 0 Å². The van der Waals surface area contributed by atoms with Crippen LogP contribution in [0, 0.1) is 0 Å². The van der Waals surface area contributed by atoms with E-state index in [1.54, 1.807) is 0 Å². The highest BCUT2D eigenvalue weighted by Gasteiger charge is 2.00. The number of pyridine rings is 1. The molecule has 1 amide bonds. The van der Waals surface area contributed by atoms with Crippen molar-refractivity contribution in [2.45, 2.75) is 25.8 Å². The van der Waals surface area contributed by atoms with Crippen molar-refractivity contribution in [3.8, 4) is 0 Å². The fraction of sp³-hybridized carbons (Fsp3) is 0.385. The van der Waals surface area contributed by atoms with Gasteiger partial charge >= 0.3 is 0 Å². The molecule has 0 fully saturated rings. The van der Waals surface area contributed by atoms with Crippen LogP contribution in [0.25, 0.3) is 5.65 Å². The van der Waals surface area contributed by atoms with Gasteiger partial charge in [0.05, 0.1) is 5.69 Å². The quantitative estimate of drug-likeness (QED) is 0.718. The molecular formula is C13H18N4O. The van der Waals surface area contributed by atoms with Crippen LogP contribution in [-0.4, -0.2) is 21.8 Å². The number of rotatable bonds is 7. The molecule has 0 aliphatic carbocycles. The van der Waals surface area contributed by atoms with Gasteiger partial charge in [-0.25, -0.2) is 4.98 Å². The molecule has 96 valence electrons. The van der Waals surface area contributed by atoms with Crippen LogP contribution in [0.5, 0.6) is 0 Å². The first kappa shape index (κ1) is 12.6. The zero-order chi connectivity index (χ0) is 12.8. The number of hydrogen-bond donors (Lipinski definition) is 2. The number of primary amides is 1. The van der Waals surface area contributed by atoms with Crippen LogP contribution >= 0.6 is 0 Å². The van der Waals surface area contributed by atoms with Gasteiger partial charge in [0.1, 0.15) is 5.65 Å². The molecule has 0 saturated heterocycles. The summed E-state index contributed by atoms with van der Waals surface area (Å²) in [5.74, 6) is -0.227. The normalized spacial score (nSPS) is 10.9. The molecule has 2 rings (SSSR count). The highest BCUT2D eigenvalue weighted by atomic mass is 16.1. The third-order valence-corrected chi connectivity index (χ3v) is 2.75. The van der Waals surface area contributed by atoms with Crippen molar-refractivity contribution in [1.82, 2.24) is 14.7 Å². The highest BCUT2D eigenvalue weighted by molar-refractivity contribution is 5.73. The Kier molecular flexibility index (Phi) is 4.30. The second-order valence-electron chi connectivity index (χ2n) is 4.30. The third-order valence-electron chi connectivity index (χ3n) is 2.75. The van der Waals surface area contributed by atoms with Gasteiger partial charge in [-0.3, -0.25) is 4.79 Å². The lowest BCUT2D eigenvalue weighted by Crippen LogP contribution is -2.16. The molecule has 0 spiro atoms. The molecule has 2 heterocycles. The van der Waals surface area contributed by atoms with Crippen LogP contribution in [0.2, 0.25) is 0 Å². The summed E-state index contributed by atoms with van der Waals surface area (Å²) in [4.78, 5) is 15.0. The molecule has 0 radical (unpaired) electrons. The second kappa shape index (κ2) is 6.16. The lowest BCUT2D eigenvalue weighted by atomic mass is 10.2. The first-order valence-corrected chi connectivity index (χ1v) is 6.17. The first-order valence-electron chi connectivity index (χ1n) is 6.17. The number of amides is 1. The van der Waals surface area contributed by atoms with Gasteiger partial charge in [-0.15, -0.1) is 0 Å². The standard InChI is InChI=1S/C13H18N4O/c14-12(18)5-1-3-7-15-9-11-10-17-8-4-2-6-13(17)16-11/h2,4,6,8,10,15H,1,3,5,7,9H2,(H2,14,18). The Labute approximate surface area is 106 Å². The van der Waals surface area contributed by atoms with Crippen molar-refractivity contribution in [3.63, 3.8) is 0 Å². The van der Waals surface area contributed by atoms with E-state index < -0.39 is 0 Å². The van der Waals surface area contributed by atoms with Gasteiger partial charge in [-0.2, -0.15) is 0 Å². The van der Waals surface area contributed by atoms with Crippen LogP contribution in [0.3, 0.4) is 0 Å². The SMILES string of the molecule is NC(=O)CCCCNCc1cn2ccccc2n1. The zero-order valence-electron chi connectivity index (χ0n) is 10.3. The number of unbranched alkanes of at least 4 members (excludes halogenated alkanes) is 1. The van der Waals surface area contributed by atoms with Gasteiger partial charge < -0.3 is 15.5 Å². The van der Waals surface area contributed by atoms with Crippen molar-refractivity contribution >= 4 is 11.6 Å². The average Bonchev–Trinajstić information content (AvgIpc) is 2.75. The summed E-state index contributed by atoms with van der Waals surface area (Å²) < 4.78 is 2.00. The van der Waals surface area contributed by atoms with Crippen molar-refractivity contribution in [2.24, 2.45) is 5.73 Å². The van der Waals surface area contributed by atoms with E-state index in [0.717, 1.165) is 37.3 Å². The molecule has 0 aromatic carbocycles. The van der Waals surface area contributed by atoms with E-state index in [-0.39, 0.29) is 5.91 Å². The van der Waals surface area contributed by atoms with E-state index in [9.17, 15) is 4.79 Å².